The molecule has 0 aromatic rings. The number of rotatable bonds is 3. The topological polar surface area (TPSA) is 20.2 Å². The first-order valence-electron chi connectivity index (χ1n) is 5.83. The van der Waals surface area contributed by atoms with Crippen LogP contribution in [0.5, 0.6) is 0 Å². The van der Waals surface area contributed by atoms with Crippen molar-refractivity contribution in [3.05, 3.63) is 0 Å². The van der Waals surface area contributed by atoms with E-state index in [-0.39, 0.29) is 6.10 Å². The molecule has 0 aromatic heterocycles. The predicted molar refractivity (Wildman–Crippen MR) is 56.6 cm³/mol. The predicted octanol–water partition coefficient (Wildman–Crippen LogP) is 3.22. The van der Waals surface area contributed by atoms with Crippen LogP contribution in [0.3, 0.4) is 0 Å². The molecule has 1 N–H and O–H groups in total. The van der Waals surface area contributed by atoms with Crippen molar-refractivity contribution in [2.75, 3.05) is 0 Å². The molecule has 0 bridgehead atoms. The van der Waals surface area contributed by atoms with Gasteiger partial charge in [0.05, 0.1) is 6.10 Å². The molecule has 1 aliphatic rings. The first-order valence-corrected chi connectivity index (χ1v) is 5.83. The molecule has 0 aromatic carbocycles. The van der Waals surface area contributed by atoms with Crippen molar-refractivity contribution in [3.63, 3.8) is 0 Å². The highest BCUT2D eigenvalue weighted by Gasteiger charge is 2.26. The van der Waals surface area contributed by atoms with E-state index in [0.717, 1.165) is 11.8 Å². The summed E-state index contributed by atoms with van der Waals surface area (Å²) in [6, 6.07) is 0. The van der Waals surface area contributed by atoms with E-state index in [0.29, 0.717) is 5.92 Å². The van der Waals surface area contributed by atoms with Gasteiger partial charge in [-0.05, 0) is 37.5 Å². The minimum Gasteiger partial charge on any atom is -0.393 e. The molecule has 0 heterocycles. The molecular weight excluding hydrogens is 160 g/mol. The fraction of sp³-hybridized carbons (Fsp3) is 1.00. The molecule has 1 rings (SSSR count). The zero-order chi connectivity index (χ0) is 9.84. The second-order valence-corrected chi connectivity index (χ2v) is 4.79. The van der Waals surface area contributed by atoms with Crippen LogP contribution in [-0.4, -0.2) is 11.2 Å². The molecule has 13 heavy (non-hydrogen) atoms. The summed E-state index contributed by atoms with van der Waals surface area (Å²) in [4.78, 5) is 0. The number of hydrogen-bond donors (Lipinski definition) is 1. The van der Waals surface area contributed by atoms with Gasteiger partial charge in [-0.2, -0.15) is 0 Å². The summed E-state index contributed by atoms with van der Waals surface area (Å²) < 4.78 is 0. The van der Waals surface area contributed by atoms with Crippen LogP contribution in [0.1, 0.15) is 52.9 Å². The van der Waals surface area contributed by atoms with Crippen molar-refractivity contribution in [2.45, 2.75) is 59.0 Å². The van der Waals surface area contributed by atoms with Crippen molar-refractivity contribution in [2.24, 2.45) is 17.8 Å². The van der Waals surface area contributed by atoms with Gasteiger partial charge in [0.1, 0.15) is 0 Å². The zero-order valence-electron chi connectivity index (χ0n) is 9.29. The summed E-state index contributed by atoms with van der Waals surface area (Å²) in [7, 11) is 0. The lowest BCUT2D eigenvalue weighted by molar-refractivity contribution is 0.0751. The maximum Gasteiger partial charge on any atom is 0.0540 e. The van der Waals surface area contributed by atoms with Gasteiger partial charge in [0.2, 0.25) is 0 Å². The van der Waals surface area contributed by atoms with Gasteiger partial charge in [-0.25, -0.2) is 0 Å². The first-order chi connectivity index (χ1) is 6.15. The van der Waals surface area contributed by atoms with Crippen molar-refractivity contribution in [1.29, 1.82) is 0 Å². The van der Waals surface area contributed by atoms with Crippen LogP contribution < -0.4 is 0 Å². The summed E-state index contributed by atoms with van der Waals surface area (Å²) in [5, 5.41) is 9.50. The Morgan fingerprint density at radius 1 is 1.15 bits per heavy atom. The lowest BCUT2D eigenvalue weighted by atomic mass is 9.74. The largest absolute Gasteiger partial charge is 0.393 e. The Morgan fingerprint density at radius 3 is 2.08 bits per heavy atom. The molecule has 78 valence electrons. The Hall–Kier alpha value is -0.0400. The third-order valence-electron chi connectivity index (χ3n) is 3.97. The Bertz CT molecular complexity index is 134. The highest BCUT2D eigenvalue weighted by Crippen LogP contribution is 2.35. The van der Waals surface area contributed by atoms with Crippen LogP contribution in [0.2, 0.25) is 0 Å². The summed E-state index contributed by atoms with van der Waals surface area (Å²) in [5.41, 5.74) is 0. The molecule has 1 aliphatic carbocycles. The maximum atomic E-state index is 9.50. The van der Waals surface area contributed by atoms with Crippen molar-refractivity contribution in [1.82, 2.24) is 0 Å². The minimum atomic E-state index is -0.122. The standard InChI is InChI=1S/C12H24O/c1-4-11-5-7-12(8-6-11)9(2)10(3)13/h9-13H,4-8H2,1-3H3. The van der Waals surface area contributed by atoms with Gasteiger partial charge in [-0.3, -0.25) is 0 Å². The van der Waals surface area contributed by atoms with E-state index in [4.69, 9.17) is 0 Å². The molecule has 2 atom stereocenters. The second-order valence-electron chi connectivity index (χ2n) is 4.79. The van der Waals surface area contributed by atoms with Crippen molar-refractivity contribution >= 4 is 0 Å². The van der Waals surface area contributed by atoms with Crippen molar-refractivity contribution < 1.29 is 5.11 Å². The average molecular weight is 184 g/mol. The summed E-state index contributed by atoms with van der Waals surface area (Å²) in [6.07, 6.45) is 6.67. The molecule has 0 saturated heterocycles. The van der Waals surface area contributed by atoms with Crippen LogP contribution >= 0.6 is 0 Å². The van der Waals surface area contributed by atoms with E-state index in [2.05, 4.69) is 13.8 Å². The van der Waals surface area contributed by atoms with Gasteiger partial charge in [0, 0.05) is 0 Å². The lowest BCUT2D eigenvalue weighted by Crippen LogP contribution is -2.26. The van der Waals surface area contributed by atoms with Gasteiger partial charge < -0.3 is 5.11 Å². The lowest BCUT2D eigenvalue weighted by Gasteiger charge is -2.33. The number of aliphatic hydroxyl groups excluding tert-OH is 1. The molecule has 1 fully saturated rings. The first kappa shape index (κ1) is 11.0. The fourth-order valence-corrected chi connectivity index (χ4v) is 2.52. The molecule has 0 amide bonds. The SMILES string of the molecule is CCC1CCC(C(C)C(C)O)CC1. The summed E-state index contributed by atoms with van der Waals surface area (Å²) >= 11 is 0. The quantitative estimate of drug-likeness (QED) is 0.714. The normalized spacial score (nSPS) is 34.2. The Labute approximate surface area is 82.5 Å². The number of aliphatic hydroxyl groups is 1. The Morgan fingerprint density at radius 2 is 1.69 bits per heavy atom. The highest BCUT2D eigenvalue weighted by atomic mass is 16.3. The average Bonchev–Trinajstić information content (AvgIpc) is 2.17. The van der Waals surface area contributed by atoms with Crippen LogP contribution in [0.15, 0.2) is 0 Å². The van der Waals surface area contributed by atoms with Gasteiger partial charge >= 0.3 is 0 Å². The molecule has 1 nitrogen and oxygen atoms in total. The zero-order valence-corrected chi connectivity index (χ0v) is 9.29. The molecule has 0 aliphatic heterocycles. The highest BCUT2D eigenvalue weighted by molar-refractivity contribution is 4.77. The Balaban J connectivity index is 2.32. The van der Waals surface area contributed by atoms with E-state index in [1.54, 1.807) is 0 Å². The molecular formula is C12H24O. The van der Waals surface area contributed by atoms with Crippen molar-refractivity contribution in [3.8, 4) is 0 Å². The molecule has 2 unspecified atom stereocenters. The Kier molecular flexibility index (Phi) is 4.24. The molecule has 1 heteroatoms. The molecule has 0 radical (unpaired) electrons. The molecule has 0 spiro atoms. The maximum absolute atomic E-state index is 9.50. The number of hydrogen-bond acceptors (Lipinski definition) is 1. The van der Waals surface area contributed by atoms with E-state index < -0.39 is 0 Å². The van der Waals surface area contributed by atoms with Gasteiger partial charge in [0.25, 0.3) is 0 Å². The van der Waals surface area contributed by atoms with Gasteiger partial charge in [-0.15, -0.1) is 0 Å². The van der Waals surface area contributed by atoms with Crippen LogP contribution in [0.4, 0.5) is 0 Å². The van der Waals surface area contributed by atoms with E-state index >= 15 is 0 Å². The monoisotopic (exact) mass is 184 g/mol. The van der Waals surface area contributed by atoms with Gasteiger partial charge in [0.15, 0.2) is 0 Å². The van der Waals surface area contributed by atoms with E-state index in [9.17, 15) is 5.11 Å². The smallest absolute Gasteiger partial charge is 0.0540 e. The minimum absolute atomic E-state index is 0.122. The third kappa shape index (κ3) is 2.98. The van der Waals surface area contributed by atoms with E-state index in [1.807, 2.05) is 6.92 Å². The molecule has 1 saturated carbocycles. The van der Waals surface area contributed by atoms with Crippen LogP contribution in [-0.2, 0) is 0 Å². The summed E-state index contributed by atoms with van der Waals surface area (Å²) in [5.74, 6) is 2.25. The third-order valence-corrected chi connectivity index (χ3v) is 3.97. The van der Waals surface area contributed by atoms with Crippen LogP contribution in [0.25, 0.3) is 0 Å². The van der Waals surface area contributed by atoms with E-state index in [1.165, 1.54) is 32.1 Å². The summed E-state index contributed by atoms with van der Waals surface area (Å²) in [6.45, 7) is 6.42. The second kappa shape index (κ2) is 4.99. The van der Waals surface area contributed by atoms with Gasteiger partial charge in [-0.1, -0.05) is 33.1 Å². The fourth-order valence-electron chi connectivity index (χ4n) is 2.52. The van der Waals surface area contributed by atoms with Crippen LogP contribution in [0, 0.1) is 17.8 Å².